The summed E-state index contributed by atoms with van der Waals surface area (Å²) in [5.41, 5.74) is 1.98. The highest BCUT2D eigenvalue weighted by Crippen LogP contribution is 2.24. The van der Waals surface area contributed by atoms with Crippen molar-refractivity contribution >= 4 is 22.3 Å². The van der Waals surface area contributed by atoms with Crippen LogP contribution in [-0.4, -0.2) is 22.5 Å². The van der Waals surface area contributed by atoms with Crippen LogP contribution in [0.3, 0.4) is 0 Å². The maximum absolute atomic E-state index is 11.1. The summed E-state index contributed by atoms with van der Waals surface area (Å²) < 4.78 is 12.1. The lowest BCUT2D eigenvalue weighted by Crippen LogP contribution is -2.01. The molecule has 0 radical (unpaired) electrons. The summed E-state index contributed by atoms with van der Waals surface area (Å²) in [6, 6.07) is 3.74. The molecule has 0 bridgehead atoms. The van der Waals surface area contributed by atoms with Gasteiger partial charge in [-0.15, -0.1) is 11.3 Å². The number of nitrogens with zero attached hydrogens (tertiary/aromatic N) is 2. The maximum Gasteiger partial charge on any atom is 0.305 e. The van der Waals surface area contributed by atoms with Gasteiger partial charge in [0.15, 0.2) is 10.7 Å². The van der Waals surface area contributed by atoms with E-state index in [1.165, 1.54) is 7.11 Å². The van der Waals surface area contributed by atoms with E-state index < -0.39 is 0 Å². The third kappa shape index (κ3) is 2.46. The predicted molar refractivity (Wildman–Crippen MR) is 75.7 cm³/mol. The third-order valence-corrected chi connectivity index (χ3v) is 3.99. The number of aryl methyl sites for hydroxylation is 1. The summed E-state index contributed by atoms with van der Waals surface area (Å²) in [6.45, 7) is 0. The molecule has 3 aromatic heterocycles. The Balaban J connectivity index is 1.77. The van der Waals surface area contributed by atoms with E-state index in [0.717, 1.165) is 35.0 Å². The summed E-state index contributed by atoms with van der Waals surface area (Å²) in [7, 11) is 1.41. The average Bonchev–Trinajstić information content (AvgIpc) is 3.15. The molecule has 0 aliphatic rings. The van der Waals surface area contributed by atoms with E-state index in [2.05, 4.69) is 19.5 Å². The second kappa shape index (κ2) is 5.50. The molecule has 3 heterocycles. The fourth-order valence-electron chi connectivity index (χ4n) is 2.07. The Kier molecular flexibility index (Phi) is 3.56. The van der Waals surface area contributed by atoms with E-state index in [-0.39, 0.29) is 5.97 Å². The first-order valence-corrected chi connectivity index (χ1v) is 7.22. The molecule has 3 aromatic rings. The number of thiazole rings is 1. The van der Waals surface area contributed by atoms with Gasteiger partial charge in [-0.3, -0.25) is 9.20 Å². The number of imidazole rings is 1. The molecule has 0 saturated carbocycles. The van der Waals surface area contributed by atoms with Gasteiger partial charge in [0.2, 0.25) is 0 Å². The van der Waals surface area contributed by atoms with Crippen LogP contribution >= 0.6 is 11.3 Å². The number of hydrogen-bond donors (Lipinski definition) is 0. The van der Waals surface area contributed by atoms with Crippen LogP contribution in [0.5, 0.6) is 0 Å². The quantitative estimate of drug-likeness (QED) is 0.677. The molecule has 0 N–H and O–H groups in total. The molecule has 0 amide bonds. The standard InChI is InChI=1S/C14H14N2O3S/c1-18-13(17)6-2-4-10-9-20-14-15-11(8-16(10)14)12-5-3-7-19-12/h3,5,7-9H,2,4,6H2,1H3. The number of hydrogen-bond acceptors (Lipinski definition) is 5. The highest BCUT2D eigenvalue weighted by molar-refractivity contribution is 7.15. The van der Waals surface area contributed by atoms with Gasteiger partial charge in [-0.25, -0.2) is 4.98 Å². The second-order valence-electron chi connectivity index (χ2n) is 4.41. The van der Waals surface area contributed by atoms with Crippen molar-refractivity contribution in [3.05, 3.63) is 35.7 Å². The zero-order valence-electron chi connectivity index (χ0n) is 11.0. The number of furan rings is 1. The lowest BCUT2D eigenvalue weighted by molar-refractivity contribution is -0.140. The molecule has 0 aromatic carbocycles. The predicted octanol–water partition coefficient (Wildman–Crippen LogP) is 3.15. The summed E-state index contributed by atoms with van der Waals surface area (Å²) in [4.78, 5) is 16.6. The Labute approximate surface area is 119 Å². The zero-order chi connectivity index (χ0) is 13.9. The fourth-order valence-corrected chi connectivity index (χ4v) is 2.98. The summed E-state index contributed by atoms with van der Waals surface area (Å²) >= 11 is 1.59. The van der Waals surface area contributed by atoms with Gasteiger partial charge in [0, 0.05) is 23.7 Å². The number of ether oxygens (including phenoxy) is 1. The van der Waals surface area contributed by atoms with E-state index in [0.29, 0.717) is 6.42 Å². The highest BCUT2D eigenvalue weighted by atomic mass is 32.1. The molecular weight excluding hydrogens is 276 g/mol. The topological polar surface area (TPSA) is 56.7 Å². The van der Waals surface area contributed by atoms with Crippen molar-refractivity contribution in [3.63, 3.8) is 0 Å². The van der Waals surface area contributed by atoms with E-state index >= 15 is 0 Å². The zero-order valence-corrected chi connectivity index (χ0v) is 11.9. The van der Waals surface area contributed by atoms with Gasteiger partial charge in [-0.05, 0) is 25.0 Å². The molecule has 0 saturated heterocycles. The SMILES string of the molecule is COC(=O)CCCc1csc2nc(-c3ccco3)cn12. The van der Waals surface area contributed by atoms with Crippen molar-refractivity contribution in [2.45, 2.75) is 19.3 Å². The third-order valence-electron chi connectivity index (χ3n) is 3.10. The van der Waals surface area contributed by atoms with Gasteiger partial charge in [-0.2, -0.15) is 0 Å². The largest absolute Gasteiger partial charge is 0.469 e. The molecule has 20 heavy (non-hydrogen) atoms. The first-order valence-electron chi connectivity index (χ1n) is 6.34. The van der Waals surface area contributed by atoms with E-state index in [1.807, 2.05) is 18.3 Å². The number of carbonyl (C=O) groups excluding carboxylic acids is 1. The molecular formula is C14H14N2O3S. The lowest BCUT2D eigenvalue weighted by Gasteiger charge is -1.99. The lowest BCUT2D eigenvalue weighted by atomic mass is 10.2. The van der Waals surface area contributed by atoms with Crippen molar-refractivity contribution in [1.29, 1.82) is 0 Å². The van der Waals surface area contributed by atoms with Gasteiger partial charge in [0.25, 0.3) is 0 Å². The molecule has 0 atom stereocenters. The van der Waals surface area contributed by atoms with Crippen molar-refractivity contribution in [1.82, 2.24) is 9.38 Å². The summed E-state index contributed by atoms with van der Waals surface area (Å²) in [5.74, 6) is 0.597. The van der Waals surface area contributed by atoms with Gasteiger partial charge in [0.05, 0.1) is 13.4 Å². The minimum atomic E-state index is -0.168. The van der Waals surface area contributed by atoms with Gasteiger partial charge in [0.1, 0.15) is 5.69 Å². The van der Waals surface area contributed by atoms with Crippen molar-refractivity contribution < 1.29 is 13.9 Å². The molecule has 0 unspecified atom stereocenters. The minimum absolute atomic E-state index is 0.168. The van der Waals surface area contributed by atoms with Crippen molar-refractivity contribution in [2.75, 3.05) is 7.11 Å². The number of rotatable bonds is 5. The van der Waals surface area contributed by atoms with Crippen LogP contribution in [0.1, 0.15) is 18.5 Å². The van der Waals surface area contributed by atoms with Crippen LogP contribution in [0, 0.1) is 0 Å². The van der Waals surface area contributed by atoms with Gasteiger partial charge in [-0.1, -0.05) is 0 Å². The average molecular weight is 290 g/mol. The van der Waals surface area contributed by atoms with Crippen LogP contribution in [-0.2, 0) is 16.0 Å². The number of methoxy groups -OCH3 is 1. The van der Waals surface area contributed by atoms with Crippen molar-refractivity contribution in [3.8, 4) is 11.5 Å². The Morgan fingerprint density at radius 3 is 3.20 bits per heavy atom. The fraction of sp³-hybridized carbons (Fsp3) is 0.286. The Hall–Kier alpha value is -2.08. The molecule has 0 spiro atoms. The molecule has 104 valence electrons. The first-order chi connectivity index (χ1) is 9.78. The Morgan fingerprint density at radius 1 is 1.55 bits per heavy atom. The molecule has 0 aliphatic heterocycles. The molecule has 6 heteroatoms. The first kappa shape index (κ1) is 12.9. The summed E-state index contributed by atoms with van der Waals surface area (Å²) in [6.07, 6.45) is 5.64. The molecule has 0 fully saturated rings. The highest BCUT2D eigenvalue weighted by Gasteiger charge is 2.11. The second-order valence-corrected chi connectivity index (χ2v) is 5.25. The maximum atomic E-state index is 11.1. The van der Waals surface area contributed by atoms with Crippen LogP contribution in [0.25, 0.3) is 16.4 Å². The smallest absolute Gasteiger partial charge is 0.305 e. The molecule has 5 nitrogen and oxygen atoms in total. The molecule has 3 rings (SSSR count). The Morgan fingerprint density at radius 2 is 2.45 bits per heavy atom. The van der Waals surface area contributed by atoms with Gasteiger partial charge < -0.3 is 9.15 Å². The van der Waals surface area contributed by atoms with Crippen LogP contribution in [0.4, 0.5) is 0 Å². The number of esters is 1. The van der Waals surface area contributed by atoms with Gasteiger partial charge >= 0.3 is 5.97 Å². The number of aromatic nitrogens is 2. The van der Waals surface area contributed by atoms with Crippen molar-refractivity contribution in [2.24, 2.45) is 0 Å². The number of fused-ring (bicyclic) bond motifs is 1. The Bertz CT molecular complexity index is 712. The van der Waals surface area contributed by atoms with E-state index in [9.17, 15) is 4.79 Å². The van der Waals surface area contributed by atoms with Crippen LogP contribution in [0.15, 0.2) is 34.4 Å². The van der Waals surface area contributed by atoms with Crippen LogP contribution < -0.4 is 0 Å². The normalized spacial score (nSPS) is 11.1. The number of carbonyl (C=O) groups is 1. The van der Waals surface area contributed by atoms with E-state index in [1.54, 1.807) is 17.6 Å². The summed E-state index contributed by atoms with van der Waals surface area (Å²) in [5, 5.41) is 2.07. The molecule has 0 aliphatic carbocycles. The minimum Gasteiger partial charge on any atom is -0.469 e. The van der Waals surface area contributed by atoms with Crippen LogP contribution in [0.2, 0.25) is 0 Å². The monoisotopic (exact) mass is 290 g/mol. The van der Waals surface area contributed by atoms with E-state index in [4.69, 9.17) is 4.42 Å².